The Labute approximate surface area is 139 Å². The second-order valence-corrected chi connectivity index (χ2v) is 10.1. The van der Waals surface area contributed by atoms with Crippen molar-refractivity contribution in [1.82, 2.24) is 0 Å². The van der Waals surface area contributed by atoms with Crippen LogP contribution in [0.25, 0.3) is 0 Å². The molecule has 0 saturated heterocycles. The molecule has 2 rings (SSSR count). The first-order valence-electron chi connectivity index (χ1n) is 7.85. The zero-order valence-corrected chi connectivity index (χ0v) is 15.7. The molecule has 0 heterocycles. The molecule has 108 valence electrons. The van der Waals surface area contributed by atoms with Gasteiger partial charge in [-0.15, -0.1) is 0 Å². The van der Waals surface area contributed by atoms with Crippen molar-refractivity contribution in [2.75, 3.05) is 0 Å². The summed E-state index contributed by atoms with van der Waals surface area (Å²) in [5, 5.41) is 0. The van der Waals surface area contributed by atoms with Crippen LogP contribution < -0.4 is 7.39 Å². The topological polar surface area (TPSA) is 0 Å². The predicted molar refractivity (Wildman–Crippen MR) is 95.3 cm³/mol. The van der Waals surface area contributed by atoms with Gasteiger partial charge >= 0.3 is 20.4 Å². The van der Waals surface area contributed by atoms with Gasteiger partial charge in [-0.25, -0.2) is 0 Å². The van der Waals surface area contributed by atoms with Crippen LogP contribution in [0.4, 0.5) is 0 Å². The van der Waals surface area contributed by atoms with Crippen molar-refractivity contribution in [3.8, 4) is 0 Å². The maximum atomic E-state index is 2.32. The fourth-order valence-electron chi connectivity index (χ4n) is 2.48. The Hall–Kier alpha value is -0.794. The fraction of sp³-hybridized carbons (Fsp3) is 0.400. The maximum absolute atomic E-state index is 2.32. The average molecular weight is 291 g/mol. The molecule has 0 N–H and O–H groups in total. The van der Waals surface area contributed by atoms with Crippen LogP contribution >= 0.6 is 0 Å². The molecular formula is C20H26Mg. The van der Waals surface area contributed by atoms with Crippen molar-refractivity contribution in [3.05, 3.63) is 59.7 Å². The molecule has 0 fully saturated rings. The summed E-state index contributed by atoms with van der Waals surface area (Å²) < 4.78 is 3.04. The summed E-state index contributed by atoms with van der Waals surface area (Å²) in [5.74, 6) is 0. The summed E-state index contributed by atoms with van der Waals surface area (Å²) in [6.07, 6.45) is 0. The highest BCUT2D eigenvalue weighted by Gasteiger charge is 2.14. The molecule has 0 aliphatic carbocycles. The molecular weight excluding hydrogens is 265 g/mol. The molecule has 0 aliphatic rings. The van der Waals surface area contributed by atoms with Crippen LogP contribution in [0.15, 0.2) is 48.5 Å². The van der Waals surface area contributed by atoms with Crippen molar-refractivity contribution < 1.29 is 0 Å². The van der Waals surface area contributed by atoms with E-state index in [2.05, 4.69) is 90.1 Å². The largest absolute Gasteiger partial charge is 0.450 e. The first-order valence-corrected chi connectivity index (χ1v) is 9.26. The lowest BCUT2D eigenvalue weighted by Crippen LogP contribution is -2.27. The molecule has 21 heavy (non-hydrogen) atoms. The minimum atomic E-state index is -0.354. The van der Waals surface area contributed by atoms with Crippen LogP contribution in [0.3, 0.4) is 0 Å². The van der Waals surface area contributed by atoms with E-state index < -0.39 is 0 Å². The summed E-state index contributed by atoms with van der Waals surface area (Å²) >= 11 is -0.354. The Balaban J connectivity index is 2.12. The van der Waals surface area contributed by atoms with Gasteiger partial charge < -0.3 is 0 Å². The first kappa shape index (κ1) is 16.6. The van der Waals surface area contributed by atoms with Gasteiger partial charge in [0.2, 0.25) is 0 Å². The van der Waals surface area contributed by atoms with Crippen molar-refractivity contribution >= 4 is 27.8 Å². The average Bonchev–Trinajstić information content (AvgIpc) is 2.38. The van der Waals surface area contributed by atoms with Crippen molar-refractivity contribution in [1.29, 1.82) is 0 Å². The first-order chi connectivity index (χ1) is 9.66. The van der Waals surface area contributed by atoms with Crippen LogP contribution in [-0.4, -0.2) is 20.4 Å². The highest BCUT2D eigenvalue weighted by atomic mass is 24.5. The summed E-state index contributed by atoms with van der Waals surface area (Å²) in [6, 6.07) is 18.5. The Morgan fingerprint density at radius 3 is 1.05 bits per heavy atom. The summed E-state index contributed by atoms with van der Waals surface area (Å²) in [7, 11) is 0. The third kappa shape index (κ3) is 4.59. The van der Waals surface area contributed by atoms with E-state index in [1.54, 1.807) is 0 Å². The lowest BCUT2D eigenvalue weighted by Gasteiger charge is -2.20. The standard InChI is InChI=1S/2C10H13.Mg/c2*1-10(2,3)9-7-5-4-6-8-9;/h2*5-8H,1-3H3;. The normalized spacial score (nSPS) is 12.1. The van der Waals surface area contributed by atoms with Gasteiger partial charge in [-0.05, 0) is 22.0 Å². The number of hydrogen-bond acceptors (Lipinski definition) is 0. The van der Waals surface area contributed by atoms with Crippen molar-refractivity contribution in [2.24, 2.45) is 0 Å². The van der Waals surface area contributed by atoms with Gasteiger partial charge in [0.15, 0.2) is 0 Å². The van der Waals surface area contributed by atoms with Gasteiger partial charge in [-0.1, -0.05) is 90.1 Å². The van der Waals surface area contributed by atoms with E-state index in [9.17, 15) is 0 Å². The van der Waals surface area contributed by atoms with Crippen LogP contribution in [0.2, 0.25) is 0 Å². The Kier molecular flexibility index (Phi) is 4.84. The molecule has 0 spiro atoms. The number of benzene rings is 2. The Morgan fingerprint density at radius 2 is 0.810 bits per heavy atom. The smallest absolute Gasteiger partial charge is 0.165 e. The summed E-state index contributed by atoms with van der Waals surface area (Å²) in [4.78, 5) is 0. The van der Waals surface area contributed by atoms with E-state index >= 15 is 0 Å². The lowest BCUT2D eigenvalue weighted by atomic mass is 9.87. The van der Waals surface area contributed by atoms with Crippen LogP contribution in [0.1, 0.15) is 52.7 Å². The molecule has 0 unspecified atom stereocenters. The van der Waals surface area contributed by atoms with Gasteiger partial charge in [0, 0.05) is 0 Å². The van der Waals surface area contributed by atoms with Crippen LogP contribution in [0, 0.1) is 0 Å². The number of rotatable bonds is 2. The predicted octanol–water partition coefficient (Wildman–Crippen LogP) is 3.94. The van der Waals surface area contributed by atoms with Crippen LogP contribution in [-0.2, 0) is 10.8 Å². The van der Waals surface area contributed by atoms with E-state index in [1.165, 1.54) is 18.5 Å². The Bertz CT molecular complexity index is 522. The fourth-order valence-corrected chi connectivity index (χ4v) is 3.90. The monoisotopic (exact) mass is 290 g/mol. The molecule has 1 heteroatoms. The van der Waals surface area contributed by atoms with E-state index in [4.69, 9.17) is 0 Å². The molecule has 0 atom stereocenters. The maximum Gasteiger partial charge on any atom is 0.450 e. The quantitative estimate of drug-likeness (QED) is 0.735. The van der Waals surface area contributed by atoms with Gasteiger partial charge in [0.25, 0.3) is 0 Å². The molecule has 0 aromatic heterocycles. The minimum absolute atomic E-state index is 0.244. The highest BCUT2D eigenvalue weighted by molar-refractivity contribution is 6.67. The van der Waals surface area contributed by atoms with Crippen LogP contribution in [0.5, 0.6) is 0 Å². The molecule has 0 nitrogen and oxygen atoms in total. The van der Waals surface area contributed by atoms with Crippen molar-refractivity contribution in [2.45, 2.75) is 52.4 Å². The zero-order valence-electron chi connectivity index (χ0n) is 14.3. The Morgan fingerprint density at radius 1 is 0.524 bits per heavy atom. The third-order valence-corrected chi connectivity index (χ3v) is 5.81. The van der Waals surface area contributed by atoms with E-state index in [1.807, 2.05) is 0 Å². The van der Waals surface area contributed by atoms with Crippen molar-refractivity contribution in [3.63, 3.8) is 0 Å². The molecule has 0 aliphatic heterocycles. The number of hydrogen-bond donors (Lipinski definition) is 0. The van der Waals surface area contributed by atoms with Gasteiger partial charge in [-0.3, -0.25) is 0 Å². The molecule has 0 bridgehead atoms. The minimum Gasteiger partial charge on any atom is -0.165 e. The summed E-state index contributed by atoms with van der Waals surface area (Å²) in [6.45, 7) is 13.6. The molecule has 2 aromatic carbocycles. The van der Waals surface area contributed by atoms with E-state index in [0.29, 0.717) is 0 Å². The molecule has 0 saturated carbocycles. The van der Waals surface area contributed by atoms with E-state index in [-0.39, 0.29) is 31.2 Å². The van der Waals surface area contributed by atoms with Gasteiger partial charge in [0.1, 0.15) is 0 Å². The second-order valence-electron chi connectivity index (χ2n) is 8.07. The molecule has 0 radical (unpaired) electrons. The summed E-state index contributed by atoms with van der Waals surface area (Å²) in [5.41, 5.74) is 3.33. The van der Waals surface area contributed by atoms with Gasteiger partial charge in [-0.2, -0.15) is 7.39 Å². The zero-order chi connectivity index (χ0) is 15.7. The molecule has 2 aromatic rings. The highest BCUT2D eigenvalue weighted by Crippen LogP contribution is 2.21. The third-order valence-electron chi connectivity index (χ3n) is 4.05. The second kappa shape index (κ2) is 6.14. The van der Waals surface area contributed by atoms with E-state index in [0.717, 1.165) is 0 Å². The van der Waals surface area contributed by atoms with Gasteiger partial charge in [0.05, 0.1) is 0 Å². The lowest BCUT2D eigenvalue weighted by molar-refractivity contribution is 0.590. The molecule has 0 amide bonds. The SMILES string of the molecule is CC(C)(C)c1cc[c]([Mg][c]2ccc(C(C)(C)C)cc2)cc1.